The standard InChI is InChI=1S/C17H22N2O4/c1-12(17(22)23)10-18(2)16(21)14-7-5-13(6-8-14)11-19-9-3-4-15(19)20/h5-8,12H,3-4,9-11H2,1-2H3,(H,22,23). The quantitative estimate of drug-likeness (QED) is 0.864. The highest BCUT2D eigenvalue weighted by molar-refractivity contribution is 5.94. The van der Waals surface area contributed by atoms with E-state index in [9.17, 15) is 14.4 Å². The van der Waals surface area contributed by atoms with Gasteiger partial charge in [-0.3, -0.25) is 14.4 Å². The van der Waals surface area contributed by atoms with Crippen LogP contribution in [-0.4, -0.2) is 52.8 Å². The second-order valence-corrected chi connectivity index (χ2v) is 6.04. The number of benzene rings is 1. The van der Waals surface area contributed by atoms with Crippen LogP contribution in [0.25, 0.3) is 0 Å². The van der Waals surface area contributed by atoms with Crippen molar-refractivity contribution in [2.45, 2.75) is 26.3 Å². The molecule has 1 N–H and O–H groups in total. The Morgan fingerprint density at radius 2 is 1.96 bits per heavy atom. The maximum Gasteiger partial charge on any atom is 0.308 e. The second-order valence-electron chi connectivity index (χ2n) is 6.04. The topological polar surface area (TPSA) is 77.9 Å². The molecule has 2 rings (SSSR count). The summed E-state index contributed by atoms with van der Waals surface area (Å²) < 4.78 is 0. The average molecular weight is 318 g/mol. The Kier molecular flexibility index (Phi) is 5.36. The first kappa shape index (κ1) is 17.0. The van der Waals surface area contributed by atoms with E-state index in [1.165, 1.54) is 4.90 Å². The fourth-order valence-electron chi connectivity index (χ4n) is 2.64. The van der Waals surface area contributed by atoms with E-state index in [1.54, 1.807) is 26.1 Å². The van der Waals surface area contributed by atoms with Gasteiger partial charge in [-0.1, -0.05) is 19.1 Å². The Balaban J connectivity index is 1.96. The molecule has 1 fully saturated rings. The van der Waals surface area contributed by atoms with E-state index in [0.717, 1.165) is 18.5 Å². The predicted molar refractivity (Wildman–Crippen MR) is 84.9 cm³/mol. The van der Waals surface area contributed by atoms with E-state index in [-0.39, 0.29) is 18.4 Å². The van der Waals surface area contributed by atoms with Crippen LogP contribution in [-0.2, 0) is 16.1 Å². The Bertz CT molecular complexity index is 597. The van der Waals surface area contributed by atoms with E-state index < -0.39 is 11.9 Å². The van der Waals surface area contributed by atoms with Gasteiger partial charge in [0.15, 0.2) is 0 Å². The summed E-state index contributed by atoms with van der Waals surface area (Å²) in [6.07, 6.45) is 1.52. The molecule has 2 amide bonds. The molecule has 6 heteroatoms. The van der Waals surface area contributed by atoms with Crippen LogP contribution in [0, 0.1) is 5.92 Å². The number of amides is 2. The fraction of sp³-hybridized carbons (Fsp3) is 0.471. The summed E-state index contributed by atoms with van der Waals surface area (Å²) >= 11 is 0. The van der Waals surface area contributed by atoms with Crippen LogP contribution in [0.1, 0.15) is 35.7 Å². The summed E-state index contributed by atoms with van der Waals surface area (Å²) in [5.74, 6) is -1.56. The third kappa shape index (κ3) is 4.31. The molecule has 1 aliphatic rings. The van der Waals surface area contributed by atoms with Gasteiger partial charge in [0, 0.05) is 38.7 Å². The normalized spacial score (nSPS) is 15.6. The Morgan fingerprint density at radius 3 is 2.48 bits per heavy atom. The number of carboxylic acids is 1. The molecule has 1 unspecified atom stereocenters. The minimum absolute atomic E-state index is 0.165. The molecule has 23 heavy (non-hydrogen) atoms. The number of nitrogens with zero attached hydrogens (tertiary/aromatic N) is 2. The smallest absolute Gasteiger partial charge is 0.308 e. The molecule has 1 atom stereocenters. The highest BCUT2D eigenvalue weighted by atomic mass is 16.4. The van der Waals surface area contributed by atoms with E-state index >= 15 is 0 Å². The molecule has 0 aromatic heterocycles. The molecular formula is C17H22N2O4. The molecule has 0 saturated carbocycles. The van der Waals surface area contributed by atoms with Crippen molar-refractivity contribution in [1.29, 1.82) is 0 Å². The van der Waals surface area contributed by atoms with Crippen LogP contribution < -0.4 is 0 Å². The van der Waals surface area contributed by atoms with Crippen molar-refractivity contribution in [3.8, 4) is 0 Å². The van der Waals surface area contributed by atoms with Crippen LogP contribution >= 0.6 is 0 Å². The summed E-state index contributed by atoms with van der Waals surface area (Å²) in [5, 5.41) is 8.91. The maximum absolute atomic E-state index is 12.3. The van der Waals surface area contributed by atoms with E-state index in [2.05, 4.69) is 0 Å². The third-order valence-electron chi connectivity index (χ3n) is 4.06. The molecule has 1 aromatic carbocycles. The number of hydrogen-bond acceptors (Lipinski definition) is 3. The van der Waals surface area contributed by atoms with Crippen molar-refractivity contribution in [2.24, 2.45) is 5.92 Å². The zero-order valence-electron chi connectivity index (χ0n) is 13.5. The zero-order valence-corrected chi connectivity index (χ0v) is 13.5. The third-order valence-corrected chi connectivity index (χ3v) is 4.06. The van der Waals surface area contributed by atoms with Gasteiger partial charge in [0.25, 0.3) is 5.91 Å². The first-order chi connectivity index (χ1) is 10.9. The molecule has 0 radical (unpaired) electrons. The zero-order chi connectivity index (χ0) is 17.0. The number of carbonyl (C=O) groups excluding carboxylic acids is 2. The molecule has 1 saturated heterocycles. The van der Waals surface area contributed by atoms with Gasteiger partial charge < -0.3 is 14.9 Å². The largest absolute Gasteiger partial charge is 0.481 e. The molecule has 1 heterocycles. The minimum atomic E-state index is -0.921. The van der Waals surface area contributed by atoms with Gasteiger partial charge in [-0.05, 0) is 24.1 Å². The lowest BCUT2D eigenvalue weighted by Crippen LogP contribution is -2.33. The number of aliphatic carboxylic acids is 1. The van der Waals surface area contributed by atoms with Crippen LogP contribution in [0.15, 0.2) is 24.3 Å². The minimum Gasteiger partial charge on any atom is -0.481 e. The highest BCUT2D eigenvalue weighted by Gasteiger charge is 2.21. The monoisotopic (exact) mass is 318 g/mol. The molecule has 124 valence electrons. The summed E-state index contributed by atoms with van der Waals surface area (Å²) in [6, 6.07) is 7.13. The van der Waals surface area contributed by atoms with Gasteiger partial charge in [-0.15, -0.1) is 0 Å². The van der Waals surface area contributed by atoms with Gasteiger partial charge in [0.1, 0.15) is 0 Å². The first-order valence-corrected chi connectivity index (χ1v) is 7.73. The summed E-state index contributed by atoms with van der Waals surface area (Å²) in [7, 11) is 1.60. The molecular weight excluding hydrogens is 296 g/mol. The molecule has 6 nitrogen and oxygen atoms in total. The Labute approximate surface area is 135 Å². The maximum atomic E-state index is 12.3. The van der Waals surface area contributed by atoms with Crippen molar-refractivity contribution in [3.05, 3.63) is 35.4 Å². The van der Waals surface area contributed by atoms with Crippen LogP contribution in [0.5, 0.6) is 0 Å². The SMILES string of the molecule is CC(CN(C)C(=O)c1ccc(CN2CCCC2=O)cc1)C(=O)O. The van der Waals surface area contributed by atoms with Crippen molar-refractivity contribution < 1.29 is 19.5 Å². The molecule has 1 aromatic rings. The summed E-state index contributed by atoms with van der Waals surface area (Å²) in [4.78, 5) is 38.0. The van der Waals surface area contributed by atoms with E-state index in [0.29, 0.717) is 18.5 Å². The number of carboxylic acid groups (broad SMARTS) is 1. The number of hydrogen-bond donors (Lipinski definition) is 1. The van der Waals surface area contributed by atoms with Crippen LogP contribution in [0.3, 0.4) is 0 Å². The molecule has 0 spiro atoms. The lowest BCUT2D eigenvalue weighted by atomic mass is 10.1. The Hall–Kier alpha value is -2.37. The van der Waals surface area contributed by atoms with Crippen LogP contribution in [0.4, 0.5) is 0 Å². The van der Waals surface area contributed by atoms with Gasteiger partial charge in [-0.2, -0.15) is 0 Å². The lowest BCUT2D eigenvalue weighted by Gasteiger charge is -2.20. The highest BCUT2D eigenvalue weighted by Crippen LogP contribution is 2.15. The van der Waals surface area contributed by atoms with Crippen molar-refractivity contribution in [1.82, 2.24) is 9.80 Å². The first-order valence-electron chi connectivity index (χ1n) is 7.73. The number of likely N-dealkylation sites (tertiary alicyclic amines) is 1. The van der Waals surface area contributed by atoms with Gasteiger partial charge in [0.05, 0.1) is 5.92 Å². The second kappa shape index (κ2) is 7.26. The van der Waals surface area contributed by atoms with E-state index in [1.807, 2.05) is 17.0 Å². The van der Waals surface area contributed by atoms with Gasteiger partial charge in [-0.25, -0.2) is 0 Å². The number of carbonyl (C=O) groups is 3. The summed E-state index contributed by atoms with van der Waals surface area (Å²) in [6.45, 7) is 3.09. The molecule has 1 aliphatic heterocycles. The molecule has 0 aliphatic carbocycles. The average Bonchev–Trinajstić information content (AvgIpc) is 2.92. The van der Waals surface area contributed by atoms with Crippen molar-refractivity contribution in [3.63, 3.8) is 0 Å². The lowest BCUT2D eigenvalue weighted by molar-refractivity contribution is -0.141. The fourth-order valence-corrected chi connectivity index (χ4v) is 2.64. The van der Waals surface area contributed by atoms with Crippen molar-refractivity contribution in [2.75, 3.05) is 20.1 Å². The predicted octanol–water partition coefficient (Wildman–Crippen LogP) is 1.60. The van der Waals surface area contributed by atoms with Gasteiger partial charge in [0.2, 0.25) is 5.91 Å². The van der Waals surface area contributed by atoms with Gasteiger partial charge >= 0.3 is 5.97 Å². The summed E-state index contributed by atoms with van der Waals surface area (Å²) in [5.41, 5.74) is 1.50. The number of rotatable bonds is 6. The van der Waals surface area contributed by atoms with Crippen molar-refractivity contribution >= 4 is 17.8 Å². The molecule has 0 bridgehead atoms. The van der Waals surface area contributed by atoms with E-state index in [4.69, 9.17) is 5.11 Å². The Morgan fingerprint density at radius 1 is 1.30 bits per heavy atom. The van der Waals surface area contributed by atoms with Crippen LogP contribution in [0.2, 0.25) is 0 Å².